The van der Waals surface area contributed by atoms with Gasteiger partial charge in [0.25, 0.3) is 0 Å². The van der Waals surface area contributed by atoms with Crippen molar-refractivity contribution in [2.24, 2.45) is 4.99 Å². The molecular formula is C18H17F2N3. The summed E-state index contributed by atoms with van der Waals surface area (Å²) in [4.78, 5) is 5.79. The van der Waals surface area contributed by atoms with Crippen molar-refractivity contribution in [2.75, 3.05) is 11.6 Å². The fraction of sp³-hybridized carbons (Fsp3) is 0.167. The van der Waals surface area contributed by atoms with Gasteiger partial charge in [-0.25, -0.2) is 13.8 Å². The van der Waals surface area contributed by atoms with E-state index in [-0.39, 0.29) is 18.4 Å². The van der Waals surface area contributed by atoms with Gasteiger partial charge < -0.3 is 10.2 Å². The number of nitrogens with zero attached hydrogens (tertiary/aromatic N) is 2. The molecule has 2 aromatic carbocycles. The van der Waals surface area contributed by atoms with Gasteiger partial charge in [-0.15, -0.1) is 0 Å². The van der Waals surface area contributed by atoms with Gasteiger partial charge in [-0.1, -0.05) is 36.4 Å². The fourth-order valence-electron chi connectivity index (χ4n) is 2.46. The Bertz CT molecular complexity index is 721. The summed E-state index contributed by atoms with van der Waals surface area (Å²) in [7, 11) is 0. The van der Waals surface area contributed by atoms with Crippen LogP contribution in [0.25, 0.3) is 0 Å². The topological polar surface area (TPSA) is 27.6 Å². The molecule has 0 saturated carbocycles. The number of para-hydroxylation sites is 1. The number of aliphatic imine (C=N–C) groups is 1. The van der Waals surface area contributed by atoms with Crippen molar-refractivity contribution < 1.29 is 8.78 Å². The van der Waals surface area contributed by atoms with Gasteiger partial charge in [0, 0.05) is 12.2 Å². The lowest BCUT2D eigenvalue weighted by molar-refractivity contribution is 0.579. The van der Waals surface area contributed by atoms with E-state index in [2.05, 4.69) is 10.3 Å². The number of hydrogen-bond donors (Lipinski definition) is 1. The van der Waals surface area contributed by atoms with Crippen molar-refractivity contribution in [3.05, 3.63) is 78.0 Å². The number of hydrogen-bond acceptors (Lipinski definition) is 3. The molecule has 0 fully saturated rings. The zero-order valence-electron chi connectivity index (χ0n) is 12.7. The van der Waals surface area contributed by atoms with Crippen molar-refractivity contribution in [1.82, 2.24) is 5.32 Å². The third-order valence-corrected chi connectivity index (χ3v) is 3.69. The van der Waals surface area contributed by atoms with Gasteiger partial charge in [-0.3, -0.25) is 0 Å². The first-order valence-electron chi connectivity index (χ1n) is 7.40. The minimum atomic E-state index is -0.598. The molecule has 1 heterocycles. The number of benzene rings is 2. The Morgan fingerprint density at radius 2 is 1.74 bits per heavy atom. The molecule has 118 valence electrons. The highest BCUT2D eigenvalue weighted by Gasteiger charge is 2.17. The van der Waals surface area contributed by atoms with Crippen LogP contribution >= 0.6 is 0 Å². The molecule has 0 aromatic heterocycles. The van der Waals surface area contributed by atoms with E-state index in [1.807, 2.05) is 37.3 Å². The Labute approximate surface area is 134 Å². The molecule has 0 aliphatic carbocycles. The van der Waals surface area contributed by atoms with Crippen molar-refractivity contribution in [2.45, 2.75) is 13.0 Å². The Kier molecular flexibility index (Phi) is 4.37. The largest absolute Gasteiger partial charge is 0.364 e. The summed E-state index contributed by atoms with van der Waals surface area (Å²) in [5, 5.41) is 3.29. The van der Waals surface area contributed by atoms with Crippen molar-refractivity contribution in [3.63, 3.8) is 0 Å². The van der Waals surface area contributed by atoms with Crippen LogP contribution < -0.4 is 10.2 Å². The quantitative estimate of drug-likeness (QED) is 0.927. The molecular weight excluding hydrogens is 296 g/mol. The predicted octanol–water partition coefficient (Wildman–Crippen LogP) is 4.01. The number of amidine groups is 1. The van der Waals surface area contributed by atoms with Crippen LogP contribution in [0.1, 0.15) is 18.5 Å². The average molecular weight is 313 g/mol. The Balaban J connectivity index is 1.69. The molecule has 1 N–H and O–H groups in total. The van der Waals surface area contributed by atoms with E-state index in [0.717, 1.165) is 5.56 Å². The van der Waals surface area contributed by atoms with E-state index in [1.165, 1.54) is 23.1 Å². The van der Waals surface area contributed by atoms with Crippen LogP contribution in [0.4, 0.5) is 14.5 Å². The summed E-state index contributed by atoms with van der Waals surface area (Å²) in [6, 6.07) is 13.9. The molecule has 0 radical (unpaired) electrons. The van der Waals surface area contributed by atoms with Crippen LogP contribution in [0.3, 0.4) is 0 Å². The van der Waals surface area contributed by atoms with E-state index >= 15 is 0 Å². The van der Waals surface area contributed by atoms with Gasteiger partial charge in [-0.05, 0) is 30.7 Å². The predicted molar refractivity (Wildman–Crippen MR) is 88.3 cm³/mol. The van der Waals surface area contributed by atoms with Crippen molar-refractivity contribution in [3.8, 4) is 0 Å². The number of anilines is 1. The highest BCUT2D eigenvalue weighted by atomic mass is 19.1. The molecule has 1 atom stereocenters. The smallest absolute Gasteiger partial charge is 0.149 e. The molecule has 2 aromatic rings. The van der Waals surface area contributed by atoms with Crippen LogP contribution in [-0.4, -0.2) is 12.5 Å². The van der Waals surface area contributed by atoms with Gasteiger partial charge in [0.2, 0.25) is 0 Å². The highest BCUT2D eigenvalue weighted by molar-refractivity contribution is 5.94. The first-order valence-corrected chi connectivity index (χ1v) is 7.40. The van der Waals surface area contributed by atoms with E-state index in [9.17, 15) is 8.78 Å². The fourth-order valence-corrected chi connectivity index (χ4v) is 2.46. The molecule has 1 unspecified atom stereocenters. The average Bonchev–Trinajstić information content (AvgIpc) is 2.57. The molecule has 3 rings (SSSR count). The normalized spacial score (nSPS) is 15.3. The summed E-state index contributed by atoms with van der Waals surface area (Å²) in [6.45, 7) is 2.20. The maximum Gasteiger partial charge on any atom is 0.149 e. The zero-order chi connectivity index (χ0) is 16.2. The Morgan fingerprint density at radius 3 is 2.35 bits per heavy atom. The third kappa shape index (κ3) is 3.39. The minimum absolute atomic E-state index is 0.0809. The summed E-state index contributed by atoms with van der Waals surface area (Å²) >= 11 is 0. The van der Waals surface area contributed by atoms with Gasteiger partial charge in [0.05, 0.1) is 0 Å². The van der Waals surface area contributed by atoms with E-state index in [1.54, 1.807) is 12.3 Å². The van der Waals surface area contributed by atoms with Gasteiger partial charge in [0.15, 0.2) is 0 Å². The molecule has 0 spiro atoms. The summed E-state index contributed by atoms with van der Waals surface area (Å²) in [5.41, 5.74) is 1.06. The van der Waals surface area contributed by atoms with Gasteiger partial charge >= 0.3 is 0 Å². The lowest BCUT2D eigenvalue weighted by Gasteiger charge is -2.24. The zero-order valence-corrected chi connectivity index (χ0v) is 12.7. The maximum absolute atomic E-state index is 13.8. The first kappa shape index (κ1) is 15.2. The number of halogens is 2. The van der Waals surface area contributed by atoms with Crippen LogP contribution in [0.15, 0.2) is 65.8 Å². The number of nitrogens with one attached hydrogen (secondary N) is 1. The summed E-state index contributed by atoms with van der Waals surface area (Å²) in [6.07, 6.45) is 3.35. The lowest BCUT2D eigenvalue weighted by Crippen LogP contribution is -2.31. The van der Waals surface area contributed by atoms with E-state index in [4.69, 9.17) is 0 Å². The standard InChI is InChI=1S/C18H17F2N3/c1-13(14-6-3-2-4-7-14)22-17-10-11-23(12-21-17)18-15(19)8-5-9-16(18)20/h2-11,13H,12H2,1H3,(H,21,22). The van der Waals surface area contributed by atoms with Crippen LogP contribution in [0, 0.1) is 11.6 Å². The molecule has 1 aliphatic rings. The monoisotopic (exact) mass is 313 g/mol. The molecule has 3 nitrogen and oxygen atoms in total. The third-order valence-electron chi connectivity index (χ3n) is 3.69. The van der Waals surface area contributed by atoms with Gasteiger partial charge in [-0.2, -0.15) is 0 Å². The highest BCUT2D eigenvalue weighted by Crippen LogP contribution is 2.24. The minimum Gasteiger partial charge on any atom is -0.364 e. The second-order valence-electron chi connectivity index (χ2n) is 5.32. The van der Waals surface area contributed by atoms with Crippen molar-refractivity contribution in [1.29, 1.82) is 0 Å². The SMILES string of the molecule is CC(NC1=NCN(c2c(F)cccc2F)C=C1)c1ccccc1. The van der Waals surface area contributed by atoms with Crippen LogP contribution in [-0.2, 0) is 0 Å². The molecule has 0 amide bonds. The second-order valence-corrected chi connectivity index (χ2v) is 5.32. The van der Waals surface area contributed by atoms with Gasteiger partial charge in [0.1, 0.15) is 29.8 Å². The molecule has 23 heavy (non-hydrogen) atoms. The molecule has 0 saturated heterocycles. The molecule has 1 aliphatic heterocycles. The van der Waals surface area contributed by atoms with E-state index in [0.29, 0.717) is 5.84 Å². The Morgan fingerprint density at radius 1 is 1.04 bits per heavy atom. The molecule has 5 heteroatoms. The first-order chi connectivity index (χ1) is 11.1. The lowest BCUT2D eigenvalue weighted by atomic mass is 10.1. The maximum atomic E-state index is 13.8. The number of rotatable bonds is 3. The van der Waals surface area contributed by atoms with Crippen LogP contribution in [0.5, 0.6) is 0 Å². The van der Waals surface area contributed by atoms with Crippen LogP contribution in [0.2, 0.25) is 0 Å². The van der Waals surface area contributed by atoms with E-state index < -0.39 is 11.6 Å². The van der Waals surface area contributed by atoms with Crippen molar-refractivity contribution >= 4 is 11.5 Å². The summed E-state index contributed by atoms with van der Waals surface area (Å²) < 4.78 is 27.6. The summed E-state index contributed by atoms with van der Waals surface area (Å²) in [5.74, 6) is -0.507. The Hall–Kier alpha value is -2.69. The second kappa shape index (κ2) is 6.60. The molecule has 0 bridgehead atoms.